The standard InChI is InChI=1S/C12H21NO2Si/c1-4-14-16(3,15-5-2)12(13)11-9-7-6-8-10-11/h6-10,12H,4-5,13H2,1-3H3. The van der Waals surface area contributed by atoms with Gasteiger partial charge in [0.1, 0.15) is 0 Å². The predicted molar refractivity (Wildman–Crippen MR) is 68.2 cm³/mol. The third-order valence-electron chi connectivity index (χ3n) is 2.59. The first-order valence-electron chi connectivity index (χ1n) is 5.72. The van der Waals surface area contributed by atoms with E-state index < -0.39 is 8.56 Å². The van der Waals surface area contributed by atoms with Crippen molar-refractivity contribution in [1.29, 1.82) is 0 Å². The molecular formula is C12H21NO2Si. The van der Waals surface area contributed by atoms with Gasteiger partial charge in [0.2, 0.25) is 0 Å². The van der Waals surface area contributed by atoms with Gasteiger partial charge in [-0.1, -0.05) is 30.3 Å². The van der Waals surface area contributed by atoms with Crippen molar-refractivity contribution < 1.29 is 8.85 Å². The second-order valence-corrected chi connectivity index (χ2v) is 7.00. The smallest absolute Gasteiger partial charge is 0.356 e. The van der Waals surface area contributed by atoms with Crippen molar-refractivity contribution in [2.45, 2.75) is 26.1 Å². The van der Waals surface area contributed by atoms with Crippen LogP contribution < -0.4 is 5.73 Å². The topological polar surface area (TPSA) is 44.5 Å². The van der Waals surface area contributed by atoms with E-state index >= 15 is 0 Å². The maximum Gasteiger partial charge on any atom is 0.356 e. The molecule has 1 aromatic rings. The minimum atomic E-state index is -2.32. The summed E-state index contributed by atoms with van der Waals surface area (Å²) >= 11 is 0. The molecule has 3 nitrogen and oxygen atoms in total. The largest absolute Gasteiger partial charge is 0.394 e. The first-order valence-corrected chi connectivity index (χ1v) is 8.12. The van der Waals surface area contributed by atoms with Gasteiger partial charge in [0, 0.05) is 13.2 Å². The maximum absolute atomic E-state index is 6.26. The summed E-state index contributed by atoms with van der Waals surface area (Å²) in [5, 5.41) is 0. The SMILES string of the molecule is CCO[Si](C)(OCC)C(N)c1ccccc1. The van der Waals surface area contributed by atoms with Crippen LogP contribution in [0.15, 0.2) is 30.3 Å². The summed E-state index contributed by atoms with van der Waals surface area (Å²) in [6.07, 6.45) is 0. The first kappa shape index (κ1) is 13.4. The van der Waals surface area contributed by atoms with E-state index in [4.69, 9.17) is 14.6 Å². The lowest BCUT2D eigenvalue weighted by atomic mass is 10.2. The van der Waals surface area contributed by atoms with Crippen LogP contribution in [-0.4, -0.2) is 21.8 Å². The third-order valence-corrected chi connectivity index (χ3v) is 5.77. The summed E-state index contributed by atoms with van der Waals surface area (Å²) in [6, 6.07) is 10.0. The van der Waals surface area contributed by atoms with Gasteiger partial charge in [-0.25, -0.2) is 0 Å². The second-order valence-electron chi connectivity index (χ2n) is 3.77. The van der Waals surface area contributed by atoms with Gasteiger partial charge in [-0.15, -0.1) is 0 Å². The molecule has 1 atom stereocenters. The number of rotatable bonds is 6. The molecule has 1 rings (SSSR count). The molecule has 0 aliphatic rings. The van der Waals surface area contributed by atoms with Gasteiger partial charge in [0.15, 0.2) is 0 Å². The van der Waals surface area contributed by atoms with Gasteiger partial charge >= 0.3 is 8.56 Å². The predicted octanol–water partition coefficient (Wildman–Crippen LogP) is 2.37. The number of hydrogen-bond acceptors (Lipinski definition) is 3. The Hall–Kier alpha value is -0.683. The van der Waals surface area contributed by atoms with E-state index in [1.165, 1.54) is 0 Å². The average Bonchev–Trinajstić information content (AvgIpc) is 2.30. The molecule has 0 heterocycles. The molecule has 0 fully saturated rings. The van der Waals surface area contributed by atoms with Gasteiger partial charge in [0.05, 0.1) is 5.67 Å². The van der Waals surface area contributed by atoms with Gasteiger partial charge in [-0.2, -0.15) is 0 Å². The molecule has 0 saturated heterocycles. The molecule has 0 bridgehead atoms. The van der Waals surface area contributed by atoms with Crippen molar-refractivity contribution in [2.24, 2.45) is 5.73 Å². The molecule has 0 spiro atoms. The van der Waals surface area contributed by atoms with Crippen LogP contribution in [0.3, 0.4) is 0 Å². The lowest BCUT2D eigenvalue weighted by Gasteiger charge is -2.31. The van der Waals surface area contributed by atoms with E-state index in [1.54, 1.807) is 0 Å². The van der Waals surface area contributed by atoms with Crippen LogP contribution in [0.5, 0.6) is 0 Å². The van der Waals surface area contributed by atoms with E-state index in [-0.39, 0.29) is 5.67 Å². The molecular weight excluding hydrogens is 218 g/mol. The van der Waals surface area contributed by atoms with Gasteiger partial charge < -0.3 is 14.6 Å². The van der Waals surface area contributed by atoms with E-state index in [2.05, 4.69) is 0 Å². The van der Waals surface area contributed by atoms with Crippen molar-refractivity contribution in [3.8, 4) is 0 Å². The highest BCUT2D eigenvalue weighted by molar-refractivity contribution is 6.67. The Balaban J connectivity index is 2.86. The number of benzene rings is 1. The number of hydrogen-bond donors (Lipinski definition) is 1. The van der Waals surface area contributed by atoms with Crippen LogP contribution in [0.2, 0.25) is 6.55 Å². The van der Waals surface area contributed by atoms with Crippen molar-refractivity contribution >= 4 is 8.56 Å². The molecule has 2 N–H and O–H groups in total. The van der Waals surface area contributed by atoms with Crippen molar-refractivity contribution in [3.05, 3.63) is 35.9 Å². The van der Waals surface area contributed by atoms with E-state index in [0.717, 1.165) is 5.56 Å². The summed E-state index contributed by atoms with van der Waals surface area (Å²) in [7, 11) is -2.32. The maximum atomic E-state index is 6.26. The van der Waals surface area contributed by atoms with Crippen LogP contribution in [-0.2, 0) is 8.85 Å². The third kappa shape index (κ3) is 3.15. The van der Waals surface area contributed by atoms with Gasteiger partial charge in [-0.05, 0) is 26.0 Å². The average molecular weight is 239 g/mol. The molecule has 16 heavy (non-hydrogen) atoms. The zero-order valence-corrected chi connectivity index (χ0v) is 11.3. The molecule has 1 aromatic carbocycles. The highest BCUT2D eigenvalue weighted by atomic mass is 28.4. The number of nitrogens with two attached hydrogens (primary N) is 1. The monoisotopic (exact) mass is 239 g/mol. The summed E-state index contributed by atoms with van der Waals surface area (Å²) in [4.78, 5) is 0. The van der Waals surface area contributed by atoms with Crippen LogP contribution in [0.25, 0.3) is 0 Å². The highest BCUT2D eigenvalue weighted by Gasteiger charge is 2.39. The fourth-order valence-corrected chi connectivity index (χ4v) is 4.14. The Morgan fingerprint density at radius 3 is 2.06 bits per heavy atom. The van der Waals surface area contributed by atoms with E-state index in [9.17, 15) is 0 Å². The Morgan fingerprint density at radius 2 is 1.62 bits per heavy atom. The molecule has 0 radical (unpaired) electrons. The quantitative estimate of drug-likeness (QED) is 0.775. The summed E-state index contributed by atoms with van der Waals surface area (Å²) in [5.41, 5.74) is 7.19. The fraction of sp³-hybridized carbons (Fsp3) is 0.500. The molecule has 90 valence electrons. The van der Waals surface area contributed by atoms with Gasteiger partial charge in [-0.3, -0.25) is 0 Å². The second kappa shape index (κ2) is 6.15. The van der Waals surface area contributed by atoms with E-state index in [0.29, 0.717) is 13.2 Å². The normalized spacial score (nSPS) is 13.8. The molecule has 4 heteroatoms. The zero-order valence-electron chi connectivity index (χ0n) is 10.3. The van der Waals surface area contributed by atoms with Crippen LogP contribution >= 0.6 is 0 Å². The zero-order chi connectivity index (χ0) is 12.0. The van der Waals surface area contributed by atoms with Crippen LogP contribution in [0.1, 0.15) is 25.1 Å². The lowest BCUT2D eigenvalue weighted by molar-refractivity contribution is 0.180. The summed E-state index contributed by atoms with van der Waals surface area (Å²) in [5.74, 6) is 0. The van der Waals surface area contributed by atoms with Crippen molar-refractivity contribution in [3.63, 3.8) is 0 Å². The molecule has 0 aliphatic carbocycles. The fourth-order valence-electron chi connectivity index (χ4n) is 1.76. The Labute approximate surface area is 98.8 Å². The Bertz CT molecular complexity index is 299. The minimum Gasteiger partial charge on any atom is -0.394 e. The summed E-state index contributed by atoms with van der Waals surface area (Å²) in [6.45, 7) is 7.26. The molecule has 0 aromatic heterocycles. The Morgan fingerprint density at radius 1 is 1.12 bits per heavy atom. The van der Waals surface area contributed by atoms with E-state index in [1.807, 2.05) is 50.7 Å². The minimum absolute atomic E-state index is 0.145. The Kier molecular flexibility index (Phi) is 5.14. The van der Waals surface area contributed by atoms with Gasteiger partial charge in [0.25, 0.3) is 0 Å². The lowest BCUT2D eigenvalue weighted by Crippen LogP contribution is -2.49. The molecule has 1 unspecified atom stereocenters. The first-order chi connectivity index (χ1) is 7.64. The van der Waals surface area contributed by atoms with Crippen LogP contribution in [0, 0.1) is 0 Å². The van der Waals surface area contributed by atoms with Crippen molar-refractivity contribution in [1.82, 2.24) is 0 Å². The highest BCUT2D eigenvalue weighted by Crippen LogP contribution is 2.24. The molecule has 0 saturated carbocycles. The van der Waals surface area contributed by atoms with Crippen molar-refractivity contribution in [2.75, 3.05) is 13.2 Å². The molecule has 0 aliphatic heterocycles. The summed E-state index contributed by atoms with van der Waals surface area (Å²) < 4.78 is 11.6. The molecule has 0 amide bonds. The van der Waals surface area contributed by atoms with Crippen LogP contribution in [0.4, 0.5) is 0 Å².